The van der Waals surface area contributed by atoms with Crippen LogP contribution in [0.4, 0.5) is 0 Å². The Morgan fingerprint density at radius 2 is 1.81 bits per heavy atom. The van der Waals surface area contributed by atoms with Crippen LogP contribution in [0.15, 0.2) is 34.1 Å². The Kier molecular flexibility index (Phi) is 4.41. The molecule has 1 heterocycles. The number of nitrogens with zero attached hydrogens (tertiary/aromatic N) is 1. The fourth-order valence-electron chi connectivity index (χ4n) is 2.25. The van der Waals surface area contributed by atoms with Crippen LogP contribution in [0.1, 0.15) is 13.3 Å². The van der Waals surface area contributed by atoms with E-state index >= 15 is 0 Å². The number of hydrogen-bond donors (Lipinski definition) is 2. The second-order valence-electron chi connectivity index (χ2n) is 5.31. The Labute approximate surface area is 125 Å². The lowest BCUT2D eigenvalue weighted by Gasteiger charge is -2.34. The van der Waals surface area contributed by atoms with Gasteiger partial charge in [-0.1, -0.05) is 13.0 Å². The van der Waals surface area contributed by atoms with Crippen molar-refractivity contribution in [1.82, 2.24) is 4.31 Å². The van der Waals surface area contributed by atoms with Crippen molar-refractivity contribution in [1.29, 1.82) is 0 Å². The molecule has 1 aliphatic heterocycles. The van der Waals surface area contributed by atoms with E-state index in [0.717, 1.165) is 6.07 Å². The third-order valence-corrected chi connectivity index (χ3v) is 6.52. The molecule has 0 amide bonds. The molecule has 0 bridgehead atoms. The van der Waals surface area contributed by atoms with Gasteiger partial charge in [-0.15, -0.1) is 0 Å². The van der Waals surface area contributed by atoms with Gasteiger partial charge in [0.15, 0.2) is 0 Å². The quantitative estimate of drug-likeness (QED) is 0.785. The van der Waals surface area contributed by atoms with Crippen molar-refractivity contribution in [2.24, 2.45) is 16.8 Å². The summed E-state index contributed by atoms with van der Waals surface area (Å²) in [4.78, 5) is -0.311. The van der Waals surface area contributed by atoms with Gasteiger partial charge in [-0.3, -0.25) is 0 Å². The molecule has 0 spiro atoms. The predicted molar refractivity (Wildman–Crippen MR) is 78.3 cm³/mol. The molecule has 7 nitrogen and oxygen atoms in total. The van der Waals surface area contributed by atoms with E-state index in [9.17, 15) is 16.8 Å². The SMILES string of the molecule is CC1CCN(S(=O)(=O)c2cccc(S(N)(=O)=O)c2)CC1N. The Morgan fingerprint density at radius 1 is 1.19 bits per heavy atom. The van der Waals surface area contributed by atoms with Crippen molar-refractivity contribution in [3.63, 3.8) is 0 Å². The van der Waals surface area contributed by atoms with Crippen LogP contribution in [-0.4, -0.2) is 40.3 Å². The molecule has 2 atom stereocenters. The number of rotatable bonds is 3. The van der Waals surface area contributed by atoms with Gasteiger partial charge in [0.1, 0.15) is 0 Å². The fraction of sp³-hybridized carbons (Fsp3) is 0.500. The van der Waals surface area contributed by atoms with Gasteiger partial charge in [0.25, 0.3) is 0 Å². The summed E-state index contributed by atoms with van der Waals surface area (Å²) in [5.74, 6) is 0.257. The summed E-state index contributed by atoms with van der Waals surface area (Å²) in [5.41, 5.74) is 5.92. The van der Waals surface area contributed by atoms with Crippen molar-refractivity contribution in [3.05, 3.63) is 24.3 Å². The van der Waals surface area contributed by atoms with Gasteiger partial charge >= 0.3 is 0 Å². The lowest BCUT2D eigenvalue weighted by molar-refractivity contribution is 0.253. The number of benzene rings is 1. The van der Waals surface area contributed by atoms with E-state index in [4.69, 9.17) is 10.9 Å². The molecule has 1 fully saturated rings. The summed E-state index contributed by atoms with van der Waals surface area (Å²) in [5, 5.41) is 5.03. The average Bonchev–Trinajstić information content (AvgIpc) is 2.41. The van der Waals surface area contributed by atoms with E-state index in [1.807, 2.05) is 6.92 Å². The zero-order valence-electron chi connectivity index (χ0n) is 11.6. The van der Waals surface area contributed by atoms with E-state index in [-0.39, 0.29) is 28.3 Å². The molecule has 0 saturated carbocycles. The van der Waals surface area contributed by atoms with Crippen LogP contribution in [-0.2, 0) is 20.0 Å². The first-order valence-corrected chi connectivity index (χ1v) is 9.49. The highest BCUT2D eigenvalue weighted by atomic mass is 32.2. The minimum atomic E-state index is -3.94. The Morgan fingerprint density at radius 3 is 2.38 bits per heavy atom. The monoisotopic (exact) mass is 333 g/mol. The summed E-state index contributed by atoms with van der Waals surface area (Å²) >= 11 is 0. The normalized spacial score (nSPS) is 24.9. The maximum absolute atomic E-state index is 12.6. The third kappa shape index (κ3) is 3.43. The maximum Gasteiger partial charge on any atom is 0.243 e. The first-order chi connectivity index (χ1) is 9.62. The fourth-order valence-corrected chi connectivity index (χ4v) is 4.42. The summed E-state index contributed by atoms with van der Waals surface area (Å²) in [6.07, 6.45) is 0.676. The zero-order valence-corrected chi connectivity index (χ0v) is 13.3. The van der Waals surface area contributed by atoms with Crippen molar-refractivity contribution < 1.29 is 16.8 Å². The van der Waals surface area contributed by atoms with Crippen LogP contribution in [0, 0.1) is 5.92 Å². The minimum absolute atomic E-state index is 0.0872. The van der Waals surface area contributed by atoms with Gasteiger partial charge in [-0.2, -0.15) is 4.31 Å². The molecule has 1 aromatic rings. The van der Waals surface area contributed by atoms with Gasteiger partial charge < -0.3 is 5.73 Å². The molecule has 1 aliphatic rings. The van der Waals surface area contributed by atoms with E-state index in [1.54, 1.807) is 0 Å². The first-order valence-electron chi connectivity index (χ1n) is 6.51. The smallest absolute Gasteiger partial charge is 0.243 e. The van der Waals surface area contributed by atoms with Gasteiger partial charge in [0, 0.05) is 19.1 Å². The largest absolute Gasteiger partial charge is 0.326 e. The Balaban J connectivity index is 2.37. The standard InChI is InChI=1S/C12H19N3O4S2/c1-9-5-6-15(8-12(9)13)21(18,19)11-4-2-3-10(7-11)20(14,16)17/h2-4,7,9,12H,5-6,8,13H2,1H3,(H2,14,16,17). The Hall–Kier alpha value is -1.00. The Bertz CT molecular complexity index is 731. The van der Waals surface area contributed by atoms with Crippen LogP contribution in [0.5, 0.6) is 0 Å². The average molecular weight is 333 g/mol. The lowest BCUT2D eigenvalue weighted by atomic mass is 9.96. The molecule has 0 radical (unpaired) electrons. The predicted octanol–water partition coefficient (Wildman–Crippen LogP) is -0.308. The number of piperidine rings is 1. The van der Waals surface area contributed by atoms with Crippen molar-refractivity contribution in [3.8, 4) is 0 Å². The summed E-state index contributed by atoms with van der Waals surface area (Å²) in [7, 11) is -7.71. The number of primary sulfonamides is 1. The molecule has 9 heteroatoms. The summed E-state index contributed by atoms with van der Waals surface area (Å²) in [6.45, 7) is 2.58. The molecule has 0 aliphatic carbocycles. The number of nitrogens with two attached hydrogens (primary N) is 2. The van der Waals surface area contributed by atoms with Gasteiger partial charge in [-0.25, -0.2) is 22.0 Å². The first kappa shape index (κ1) is 16.4. The lowest BCUT2D eigenvalue weighted by Crippen LogP contribution is -2.49. The topological polar surface area (TPSA) is 124 Å². The van der Waals surface area contributed by atoms with Crippen molar-refractivity contribution in [2.75, 3.05) is 13.1 Å². The maximum atomic E-state index is 12.6. The molecule has 0 aromatic heterocycles. The molecule has 1 aromatic carbocycles. The molecule has 4 N–H and O–H groups in total. The highest BCUT2D eigenvalue weighted by Gasteiger charge is 2.32. The third-order valence-electron chi connectivity index (χ3n) is 3.75. The molecule has 2 rings (SSSR count). The van der Waals surface area contributed by atoms with E-state index in [1.165, 1.54) is 22.5 Å². The molecule has 21 heavy (non-hydrogen) atoms. The number of sulfonamides is 2. The second-order valence-corrected chi connectivity index (χ2v) is 8.81. The van der Waals surface area contributed by atoms with E-state index in [2.05, 4.69) is 0 Å². The molecule has 1 saturated heterocycles. The van der Waals surface area contributed by atoms with Gasteiger partial charge in [-0.05, 0) is 30.5 Å². The van der Waals surface area contributed by atoms with Crippen LogP contribution in [0.2, 0.25) is 0 Å². The van der Waals surface area contributed by atoms with Crippen LogP contribution in [0.25, 0.3) is 0 Å². The van der Waals surface area contributed by atoms with E-state index in [0.29, 0.717) is 13.0 Å². The summed E-state index contributed by atoms with van der Waals surface area (Å²) < 4.78 is 49.1. The van der Waals surface area contributed by atoms with Crippen LogP contribution in [0.3, 0.4) is 0 Å². The minimum Gasteiger partial charge on any atom is -0.326 e. The van der Waals surface area contributed by atoms with Gasteiger partial charge in [0.2, 0.25) is 20.0 Å². The van der Waals surface area contributed by atoms with Gasteiger partial charge in [0.05, 0.1) is 9.79 Å². The second kappa shape index (κ2) is 5.65. The van der Waals surface area contributed by atoms with Crippen molar-refractivity contribution >= 4 is 20.0 Å². The number of hydrogen-bond acceptors (Lipinski definition) is 5. The highest BCUT2D eigenvalue weighted by molar-refractivity contribution is 7.90. The summed E-state index contributed by atoms with van der Waals surface area (Å²) in [6, 6.07) is 4.83. The molecular formula is C12H19N3O4S2. The van der Waals surface area contributed by atoms with Crippen LogP contribution < -0.4 is 10.9 Å². The van der Waals surface area contributed by atoms with Crippen LogP contribution >= 0.6 is 0 Å². The van der Waals surface area contributed by atoms with Crippen molar-refractivity contribution in [2.45, 2.75) is 29.2 Å². The molecule has 2 unspecified atom stereocenters. The zero-order chi connectivity index (χ0) is 15.8. The highest BCUT2D eigenvalue weighted by Crippen LogP contribution is 2.24. The molecular weight excluding hydrogens is 314 g/mol. The molecule has 118 valence electrons. The van der Waals surface area contributed by atoms with E-state index < -0.39 is 20.0 Å².